The van der Waals surface area contributed by atoms with E-state index in [-0.39, 0.29) is 12.1 Å². The van der Waals surface area contributed by atoms with Crippen molar-refractivity contribution in [3.63, 3.8) is 0 Å². The van der Waals surface area contributed by atoms with E-state index in [2.05, 4.69) is 0 Å². The smallest absolute Gasteiger partial charge is 0.252 e. The quantitative estimate of drug-likeness (QED) is 0.861. The van der Waals surface area contributed by atoms with Gasteiger partial charge >= 0.3 is 0 Å². The third-order valence-corrected chi connectivity index (χ3v) is 3.47. The average molecular weight is 264 g/mol. The highest BCUT2D eigenvalue weighted by Crippen LogP contribution is 2.34. The maximum absolute atomic E-state index is 11.5. The van der Waals surface area contributed by atoms with E-state index in [1.54, 1.807) is 25.3 Å². The van der Waals surface area contributed by atoms with E-state index >= 15 is 0 Å². The van der Waals surface area contributed by atoms with E-state index in [1.165, 1.54) is 0 Å². The lowest BCUT2D eigenvalue weighted by molar-refractivity contribution is 0.0983. The molecule has 0 atom stereocenters. The molecule has 5 nitrogen and oxygen atoms in total. The van der Waals surface area contributed by atoms with E-state index in [1.807, 2.05) is 0 Å². The first-order chi connectivity index (χ1) is 9.11. The number of carbonyl (C=O) groups is 1. The molecule has 1 aliphatic carbocycles. The number of amides is 1. The first kappa shape index (κ1) is 13.7. The fourth-order valence-corrected chi connectivity index (χ4v) is 2.37. The maximum Gasteiger partial charge on any atom is 0.252 e. The zero-order valence-corrected chi connectivity index (χ0v) is 11.1. The number of primary amides is 1. The predicted octanol–water partition coefficient (Wildman–Crippen LogP) is 1.44. The van der Waals surface area contributed by atoms with E-state index in [0.717, 1.165) is 25.7 Å². The molecule has 1 amide bonds. The highest BCUT2D eigenvalue weighted by atomic mass is 16.5. The predicted molar refractivity (Wildman–Crippen MR) is 72.4 cm³/mol. The minimum Gasteiger partial charge on any atom is -0.493 e. The van der Waals surface area contributed by atoms with Gasteiger partial charge in [-0.2, -0.15) is 0 Å². The molecule has 5 heteroatoms. The van der Waals surface area contributed by atoms with Gasteiger partial charge in [0.05, 0.1) is 18.8 Å². The fourth-order valence-electron chi connectivity index (χ4n) is 2.37. The van der Waals surface area contributed by atoms with Crippen LogP contribution in [0.15, 0.2) is 18.2 Å². The molecule has 0 aromatic heterocycles. The summed E-state index contributed by atoms with van der Waals surface area (Å²) >= 11 is 0. The average Bonchev–Trinajstić information content (AvgIpc) is 2.41. The third-order valence-electron chi connectivity index (χ3n) is 3.47. The Hall–Kier alpha value is -1.75. The molecule has 1 saturated carbocycles. The number of benzene rings is 1. The Morgan fingerprint density at radius 1 is 1.26 bits per heavy atom. The van der Waals surface area contributed by atoms with Crippen molar-refractivity contribution < 1.29 is 14.3 Å². The molecule has 1 fully saturated rings. The number of hydrogen-bond acceptors (Lipinski definition) is 4. The summed E-state index contributed by atoms with van der Waals surface area (Å²) in [5.41, 5.74) is 11.6. The zero-order valence-electron chi connectivity index (χ0n) is 11.1. The van der Waals surface area contributed by atoms with Gasteiger partial charge < -0.3 is 20.9 Å². The van der Waals surface area contributed by atoms with Crippen LogP contribution in [0.2, 0.25) is 0 Å². The Labute approximate surface area is 112 Å². The number of rotatable bonds is 4. The second kappa shape index (κ2) is 5.93. The number of para-hydroxylation sites is 1. The van der Waals surface area contributed by atoms with Crippen LogP contribution in [0.4, 0.5) is 0 Å². The van der Waals surface area contributed by atoms with Gasteiger partial charge in [0.1, 0.15) is 0 Å². The Morgan fingerprint density at radius 2 is 1.95 bits per heavy atom. The first-order valence-electron chi connectivity index (χ1n) is 6.51. The SMILES string of the molecule is COc1cccc(C(N)=O)c1OC1CCC(N)CC1. The number of nitrogens with two attached hydrogens (primary N) is 2. The van der Waals surface area contributed by atoms with Gasteiger partial charge in [0.15, 0.2) is 11.5 Å². The molecule has 1 aromatic carbocycles. The Kier molecular flexibility index (Phi) is 4.27. The van der Waals surface area contributed by atoms with Crippen molar-refractivity contribution in [3.05, 3.63) is 23.8 Å². The minimum atomic E-state index is -0.513. The van der Waals surface area contributed by atoms with Crippen molar-refractivity contribution in [1.82, 2.24) is 0 Å². The monoisotopic (exact) mass is 264 g/mol. The molecule has 0 unspecified atom stereocenters. The summed E-state index contributed by atoms with van der Waals surface area (Å²) in [5, 5.41) is 0. The van der Waals surface area contributed by atoms with Crippen molar-refractivity contribution in [2.45, 2.75) is 37.8 Å². The summed E-state index contributed by atoms with van der Waals surface area (Å²) in [6.45, 7) is 0. The van der Waals surface area contributed by atoms with Gasteiger partial charge in [-0.15, -0.1) is 0 Å². The van der Waals surface area contributed by atoms with Crippen molar-refractivity contribution in [1.29, 1.82) is 0 Å². The summed E-state index contributed by atoms with van der Waals surface area (Å²) in [4.78, 5) is 11.5. The second-order valence-corrected chi connectivity index (χ2v) is 4.86. The molecule has 0 heterocycles. The van der Waals surface area contributed by atoms with Gasteiger partial charge in [-0.3, -0.25) is 4.79 Å². The molecule has 104 valence electrons. The number of methoxy groups -OCH3 is 1. The molecule has 4 N–H and O–H groups in total. The summed E-state index contributed by atoms with van der Waals surface area (Å²) in [7, 11) is 1.55. The van der Waals surface area contributed by atoms with Crippen LogP contribution >= 0.6 is 0 Å². The fraction of sp³-hybridized carbons (Fsp3) is 0.500. The van der Waals surface area contributed by atoms with E-state index in [9.17, 15) is 4.79 Å². The van der Waals surface area contributed by atoms with Crippen LogP contribution in [-0.2, 0) is 0 Å². The molecule has 0 spiro atoms. The van der Waals surface area contributed by atoms with E-state index in [4.69, 9.17) is 20.9 Å². The van der Waals surface area contributed by atoms with Gasteiger partial charge in [0.2, 0.25) is 0 Å². The molecule has 0 bridgehead atoms. The van der Waals surface area contributed by atoms with Crippen LogP contribution in [0.5, 0.6) is 11.5 Å². The zero-order chi connectivity index (χ0) is 13.8. The highest BCUT2D eigenvalue weighted by molar-refractivity contribution is 5.96. The van der Waals surface area contributed by atoms with Crippen LogP contribution in [-0.4, -0.2) is 25.2 Å². The standard InChI is InChI=1S/C14H20N2O3/c1-18-12-4-2-3-11(14(16)17)13(12)19-10-7-5-9(15)6-8-10/h2-4,9-10H,5-8,15H2,1H3,(H2,16,17). The van der Waals surface area contributed by atoms with E-state index < -0.39 is 5.91 Å². The first-order valence-corrected chi connectivity index (χ1v) is 6.51. The van der Waals surface area contributed by atoms with Crippen molar-refractivity contribution in [3.8, 4) is 11.5 Å². The van der Waals surface area contributed by atoms with Crippen LogP contribution < -0.4 is 20.9 Å². The normalized spacial score (nSPS) is 22.8. The van der Waals surface area contributed by atoms with Gasteiger partial charge in [-0.05, 0) is 37.8 Å². The second-order valence-electron chi connectivity index (χ2n) is 4.86. The van der Waals surface area contributed by atoms with Gasteiger partial charge in [0.25, 0.3) is 5.91 Å². The molecular formula is C14H20N2O3. The van der Waals surface area contributed by atoms with Gasteiger partial charge in [0, 0.05) is 6.04 Å². The summed E-state index contributed by atoms with van der Waals surface area (Å²) in [6, 6.07) is 5.39. The molecule has 2 rings (SSSR count). The van der Waals surface area contributed by atoms with Gasteiger partial charge in [-0.1, -0.05) is 6.07 Å². The molecule has 1 aliphatic rings. The molecule has 0 saturated heterocycles. The molecule has 19 heavy (non-hydrogen) atoms. The van der Waals surface area contributed by atoms with Crippen LogP contribution in [0.25, 0.3) is 0 Å². The summed E-state index contributed by atoms with van der Waals surface area (Å²) in [5.74, 6) is 0.463. The van der Waals surface area contributed by atoms with E-state index in [0.29, 0.717) is 17.1 Å². The van der Waals surface area contributed by atoms with Crippen molar-refractivity contribution in [2.75, 3.05) is 7.11 Å². The largest absolute Gasteiger partial charge is 0.493 e. The van der Waals surface area contributed by atoms with Gasteiger partial charge in [-0.25, -0.2) is 0 Å². The lowest BCUT2D eigenvalue weighted by Crippen LogP contribution is -2.32. The minimum absolute atomic E-state index is 0.0641. The summed E-state index contributed by atoms with van der Waals surface area (Å²) < 4.78 is 11.2. The number of ether oxygens (including phenoxy) is 2. The third kappa shape index (κ3) is 3.17. The lowest BCUT2D eigenvalue weighted by Gasteiger charge is -2.28. The lowest BCUT2D eigenvalue weighted by atomic mass is 9.93. The summed E-state index contributed by atoms with van der Waals surface area (Å²) in [6.07, 6.45) is 3.71. The van der Waals surface area contributed by atoms with Crippen LogP contribution in [0, 0.1) is 0 Å². The molecule has 1 aromatic rings. The Morgan fingerprint density at radius 3 is 2.53 bits per heavy atom. The maximum atomic E-state index is 11.5. The molecule has 0 aliphatic heterocycles. The van der Waals surface area contributed by atoms with Crippen LogP contribution in [0.3, 0.4) is 0 Å². The number of hydrogen-bond donors (Lipinski definition) is 2. The Bertz CT molecular complexity index is 454. The van der Waals surface area contributed by atoms with Crippen molar-refractivity contribution in [2.24, 2.45) is 11.5 Å². The molecular weight excluding hydrogens is 244 g/mol. The highest BCUT2D eigenvalue weighted by Gasteiger charge is 2.23. The topological polar surface area (TPSA) is 87.6 Å². The van der Waals surface area contributed by atoms with Crippen LogP contribution in [0.1, 0.15) is 36.0 Å². The number of carbonyl (C=O) groups excluding carboxylic acids is 1. The molecule has 0 radical (unpaired) electrons. The Balaban J connectivity index is 2.20. The van der Waals surface area contributed by atoms with Crippen molar-refractivity contribution >= 4 is 5.91 Å².